The van der Waals surface area contributed by atoms with Gasteiger partial charge in [0.2, 0.25) is 11.8 Å². The molecule has 10 heteroatoms. The molecule has 1 unspecified atom stereocenters. The fraction of sp³-hybridized carbons (Fsp3) is 0.400. The molecule has 5 rings (SSSR count). The Bertz CT molecular complexity index is 1510. The molecule has 3 aromatic carbocycles. The van der Waals surface area contributed by atoms with Gasteiger partial charge in [-0.1, -0.05) is 72.8 Å². The van der Waals surface area contributed by atoms with Gasteiger partial charge in [0, 0.05) is 46.5 Å². The highest BCUT2D eigenvalue weighted by Crippen LogP contribution is 2.42. The highest BCUT2D eigenvalue weighted by Gasteiger charge is 2.35. The molecule has 0 radical (unpaired) electrons. The maximum atomic E-state index is 13.6. The van der Waals surface area contributed by atoms with Crippen LogP contribution in [-0.2, 0) is 26.2 Å². The van der Waals surface area contributed by atoms with Crippen LogP contribution in [0.5, 0.6) is 0 Å². The monoisotopic (exact) mass is 601 g/mol. The lowest BCUT2D eigenvalue weighted by molar-refractivity contribution is -0.141. The molecule has 1 fully saturated rings. The van der Waals surface area contributed by atoms with Crippen LogP contribution in [0.3, 0.4) is 0 Å². The lowest BCUT2D eigenvalue weighted by Crippen LogP contribution is -2.50. The van der Waals surface area contributed by atoms with Gasteiger partial charge >= 0.3 is 0 Å². The maximum Gasteiger partial charge on any atom is 0.265 e. The minimum atomic E-state index is -3.71. The van der Waals surface area contributed by atoms with Crippen LogP contribution >= 0.6 is 23.2 Å². The Balaban J connectivity index is 1.32. The number of carbonyl (C=O) groups excluding carboxylic acids is 2. The van der Waals surface area contributed by atoms with Crippen molar-refractivity contribution in [2.75, 3.05) is 10.8 Å². The van der Waals surface area contributed by atoms with E-state index in [1.165, 1.54) is 15.6 Å². The minimum Gasteiger partial charge on any atom is -0.352 e. The SMILES string of the molecule is CC(C(=O)NC1CCCCC1)N(Cc1c(Cl)cccc1Cl)C(=O)CCCN1c2cccc3cccc(c23)S1(=O)=O. The predicted molar refractivity (Wildman–Crippen MR) is 159 cm³/mol. The fourth-order valence-corrected chi connectivity index (χ4v) is 7.99. The predicted octanol–water partition coefficient (Wildman–Crippen LogP) is 6.30. The van der Waals surface area contributed by atoms with Gasteiger partial charge in [-0.25, -0.2) is 8.42 Å². The molecule has 2 amide bonds. The molecule has 2 aliphatic rings. The number of nitrogens with zero attached hydrogens (tertiary/aromatic N) is 2. The van der Waals surface area contributed by atoms with E-state index in [9.17, 15) is 18.0 Å². The largest absolute Gasteiger partial charge is 0.352 e. The molecule has 1 heterocycles. The number of benzene rings is 3. The van der Waals surface area contributed by atoms with Gasteiger partial charge in [0.25, 0.3) is 10.0 Å². The van der Waals surface area contributed by atoms with Crippen LogP contribution in [0.25, 0.3) is 10.8 Å². The Morgan fingerprint density at radius 2 is 1.65 bits per heavy atom. The van der Waals surface area contributed by atoms with Crippen LogP contribution in [0.15, 0.2) is 59.5 Å². The summed E-state index contributed by atoms with van der Waals surface area (Å²) in [4.78, 5) is 28.7. The lowest BCUT2D eigenvalue weighted by Gasteiger charge is -2.32. The third-order valence-electron chi connectivity index (χ3n) is 7.94. The summed E-state index contributed by atoms with van der Waals surface area (Å²) in [6.07, 6.45) is 5.53. The number of nitrogens with one attached hydrogen (secondary N) is 1. The molecule has 212 valence electrons. The second kappa shape index (κ2) is 12.0. The summed E-state index contributed by atoms with van der Waals surface area (Å²) in [6.45, 7) is 1.93. The van der Waals surface area contributed by atoms with Crippen molar-refractivity contribution in [1.82, 2.24) is 10.2 Å². The zero-order chi connectivity index (χ0) is 28.4. The van der Waals surface area contributed by atoms with E-state index in [0.29, 0.717) is 26.7 Å². The number of hydrogen-bond acceptors (Lipinski definition) is 4. The van der Waals surface area contributed by atoms with Gasteiger partial charge in [-0.3, -0.25) is 13.9 Å². The molecule has 1 aliphatic carbocycles. The first kappa shape index (κ1) is 28.7. The fourth-order valence-electron chi connectivity index (χ4n) is 5.72. The minimum absolute atomic E-state index is 0.0570. The molecular formula is C30H33Cl2N3O4S. The topological polar surface area (TPSA) is 86.8 Å². The molecular weight excluding hydrogens is 569 g/mol. The summed E-state index contributed by atoms with van der Waals surface area (Å²) in [5, 5.41) is 5.51. The first-order chi connectivity index (χ1) is 19.2. The van der Waals surface area contributed by atoms with Gasteiger partial charge in [-0.2, -0.15) is 0 Å². The summed E-state index contributed by atoms with van der Waals surface area (Å²) >= 11 is 12.9. The van der Waals surface area contributed by atoms with Crippen molar-refractivity contribution in [1.29, 1.82) is 0 Å². The molecule has 1 saturated carbocycles. The van der Waals surface area contributed by atoms with E-state index in [1.54, 1.807) is 43.3 Å². The molecule has 7 nitrogen and oxygen atoms in total. The van der Waals surface area contributed by atoms with Crippen molar-refractivity contribution in [3.05, 3.63) is 70.2 Å². The van der Waals surface area contributed by atoms with Crippen LogP contribution in [0.2, 0.25) is 10.0 Å². The van der Waals surface area contributed by atoms with Crippen molar-refractivity contribution in [2.45, 2.75) is 75.4 Å². The summed E-state index contributed by atoms with van der Waals surface area (Å²) in [5.41, 5.74) is 1.20. The summed E-state index contributed by atoms with van der Waals surface area (Å²) in [7, 11) is -3.71. The number of sulfonamides is 1. The van der Waals surface area contributed by atoms with E-state index < -0.39 is 16.1 Å². The van der Waals surface area contributed by atoms with Crippen LogP contribution < -0.4 is 9.62 Å². The molecule has 0 aromatic heterocycles. The molecule has 40 heavy (non-hydrogen) atoms. The summed E-state index contributed by atoms with van der Waals surface area (Å²) < 4.78 is 28.0. The Kier molecular flexibility index (Phi) is 8.59. The molecule has 0 bridgehead atoms. The summed E-state index contributed by atoms with van der Waals surface area (Å²) in [6, 6.07) is 15.3. The molecule has 1 N–H and O–H groups in total. The van der Waals surface area contributed by atoms with Crippen molar-refractivity contribution < 1.29 is 18.0 Å². The third kappa shape index (κ3) is 5.67. The Morgan fingerprint density at radius 1 is 1.00 bits per heavy atom. The van der Waals surface area contributed by atoms with E-state index in [4.69, 9.17) is 23.2 Å². The van der Waals surface area contributed by atoms with Crippen LogP contribution in [0.1, 0.15) is 57.4 Å². The average molecular weight is 603 g/mol. The maximum absolute atomic E-state index is 13.6. The Morgan fingerprint density at radius 3 is 2.35 bits per heavy atom. The first-order valence-electron chi connectivity index (χ1n) is 13.8. The lowest BCUT2D eigenvalue weighted by atomic mass is 9.95. The smallest absolute Gasteiger partial charge is 0.265 e. The van der Waals surface area contributed by atoms with Crippen LogP contribution in [0.4, 0.5) is 5.69 Å². The van der Waals surface area contributed by atoms with Crippen molar-refractivity contribution >= 4 is 61.5 Å². The average Bonchev–Trinajstić information content (AvgIpc) is 3.16. The highest BCUT2D eigenvalue weighted by molar-refractivity contribution is 7.93. The van der Waals surface area contributed by atoms with Crippen molar-refractivity contribution in [3.63, 3.8) is 0 Å². The van der Waals surface area contributed by atoms with Gasteiger partial charge < -0.3 is 10.2 Å². The van der Waals surface area contributed by atoms with Gasteiger partial charge in [-0.05, 0) is 55.8 Å². The normalized spacial score (nSPS) is 17.1. The van der Waals surface area contributed by atoms with E-state index in [0.717, 1.165) is 31.1 Å². The zero-order valence-electron chi connectivity index (χ0n) is 22.4. The molecule has 0 spiro atoms. The van der Waals surface area contributed by atoms with E-state index in [1.807, 2.05) is 18.2 Å². The number of halogens is 2. The highest BCUT2D eigenvalue weighted by atomic mass is 35.5. The number of hydrogen-bond donors (Lipinski definition) is 1. The van der Waals surface area contributed by atoms with Gasteiger partial charge in [-0.15, -0.1) is 0 Å². The second-order valence-corrected chi connectivity index (χ2v) is 13.2. The Labute approximate surface area is 245 Å². The molecule has 0 saturated heterocycles. The van der Waals surface area contributed by atoms with Crippen molar-refractivity contribution in [2.24, 2.45) is 0 Å². The number of anilines is 1. The van der Waals surface area contributed by atoms with E-state index >= 15 is 0 Å². The zero-order valence-corrected chi connectivity index (χ0v) is 24.7. The van der Waals surface area contributed by atoms with Crippen LogP contribution in [0, 0.1) is 0 Å². The number of rotatable bonds is 9. The first-order valence-corrected chi connectivity index (χ1v) is 16.0. The third-order valence-corrected chi connectivity index (χ3v) is 10.5. The standard InChI is InChI=1S/C30H33Cl2N3O4S/c1-20(30(37)33-22-11-3-2-4-12-22)34(19-23-24(31)13-7-14-25(23)32)28(36)17-8-18-35-26-15-5-9-21-10-6-16-27(29(21)26)40(35,38)39/h5-7,9-10,13-16,20,22H,2-4,8,11-12,17-19H2,1H3,(H,33,37). The van der Waals surface area contributed by atoms with Gasteiger partial charge in [0.15, 0.2) is 0 Å². The van der Waals surface area contributed by atoms with Gasteiger partial charge in [0.05, 0.1) is 10.6 Å². The summed E-state index contributed by atoms with van der Waals surface area (Å²) in [5.74, 6) is -0.484. The molecule has 3 aromatic rings. The van der Waals surface area contributed by atoms with Gasteiger partial charge in [0.1, 0.15) is 6.04 Å². The molecule has 1 aliphatic heterocycles. The number of carbonyl (C=O) groups is 2. The van der Waals surface area contributed by atoms with E-state index in [-0.39, 0.29) is 48.7 Å². The Hall–Kier alpha value is -2.81. The number of amides is 2. The van der Waals surface area contributed by atoms with Crippen LogP contribution in [-0.4, -0.2) is 43.8 Å². The van der Waals surface area contributed by atoms with E-state index in [2.05, 4.69) is 5.32 Å². The molecule has 1 atom stereocenters. The second-order valence-electron chi connectivity index (χ2n) is 10.6. The quantitative estimate of drug-likeness (QED) is 0.312. The van der Waals surface area contributed by atoms with Crippen molar-refractivity contribution in [3.8, 4) is 0 Å².